The van der Waals surface area contributed by atoms with Gasteiger partial charge in [0.2, 0.25) is 0 Å². The smallest absolute Gasteiger partial charge is 0.337 e. The summed E-state index contributed by atoms with van der Waals surface area (Å²) in [6.45, 7) is 4.94. The highest BCUT2D eigenvalue weighted by Crippen LogP contribution is 2.26. The van der Waals surface area contributed by atoms with Crippen molar-refractivity contribution >= 4 is 29.0 Å². The maximum atomic E-state index is 11.5. The van der Waals surface area contributed by atoms with Crippen LogP contribution in [0.1, 0.15) is 22.8 Å². The Bertz CT molecular complexity index is 925. The van der Waals surface area contributed by atoms with Crippen LogP contribution in [0.25, 0.3) is 0 Å². The standard InChI is InChI=1S/C21H22N4O2/c1-4-25(18-7-5-6-15(2)12-18)20-13-19(22-14-23-20)24-17-10-8-16(9-11-17)21(26)27-3/h5-14H,4H2,1-3H3,(H,22,23,24). The topological polar surface area (TPSA) is 67.4 Å². The van der Waals surface area contributed by atoms with Crippen LogP contribution < -0.4 is 10.2 Å². The van der Waals surface area contributed by atoms with E-state index in [1.165, 1.54) is 12.7 Å². The highest BCUT2D eigenvalue weighted by atomic mass is 16.5. The number of aryl methyl sites for hydroxylation is 1. The summed E-state index contributed by atoms with van der Waals surface area (Å²) in [5.74, 6) is 1.13. The number of anilines is 4. The van der Waals surface area contributed by atoms with Gasteiger partial charge in [-0.1, -0.05) is 12.1 Å². The molecule has 6 nitrogen and oxygen atoms in total. The zero-order valence-electron chi connectivity index (χ0n) is 15.6. The molecule has 1 heterocycles. The third-order valence-corrected chi connectivity index (χ3v) is 4.14. The summed E-state index contributed by atoms with van der Waals surface area (Å²) in [5, 5.41) is 3.24. The van der Waals surface area contributed by atoms with Crippen molar-refractivity contribution in [3.05, 3.63) is 72.1 Å². The number of benzene rings is 2. The van der Waals surface area contributed by atoms with Crippen LogP contribution in [0.15, 0.2) is 60.9 Å². The maximum absolute atomic E-state index is 11.5. The zero-order chi connectivity index (χ0) is 19.2. The van der Waals surface area contributed by atoms with E-state index in [4.69, 9.17) is 4.74 Å². The SMILES string of the molecule is CCN(c1cccc(C)c1)c1cc(Nc2ccc(C(=O)OC)cc2)ncn1. The molecule has 6 heteroatoms. The summed E-state index contributed by atoms with van der Waals surface area (Å²) < 4.78 is 4.71. The molecule has 0 spiro atoms. The molecule has 27 heavy (non-hydrogen) atoms. The number of carbonyl (C=O) groups excluding carboxylic acids is 1. The number of ether oxygens (including phenoxy) is 1. The molecule has 0 saturated carbocycles. The minimum atomic E-state index is -0.359. The number of hydrogen-bond acceptors (Lipinski definition) is 6. The van der Waals surface area contributed by atoms with Gasteiger partial charge >= 0.3 is 5.97 Å². The largest absolute Gasteiger partial charge is 0.465 e. The number of hydrogen-bond donors (Lipinski definition) is 1. The lowest BCUT2D eigenvalue weighted by Gasteiger charge is -2.22. The van der Waals surface area contributed by atoms with Crippen molar-refractivity contribution in [2.75, 3.05) is 23.9 Å². The zero-order valence-corrected chi connectivity index (χ0v) is 15.6. The minimum absolute atomic E-state index is 0.359. The molecule has 0 bridgehead atoms. The Morgan fingerprint density at radius 3 is 2.56 bits per heavy atom. The first kappa shape index (κ1) is 18.4. The first-order chi connectivity index (χ1) is 13.1. The van der Waals surface area contributed by atoms with Crippen LogP contribution in [-0.2, 0) is 4.74 Å². The van der Waals surface area contributed by atoms with Gasteiger partial charge in [-0.2, -0.15) is 0 Å². The molecule has 0 atom stereocenters. The van der Waals surface area contributed by atoms with E-state index in [-0.39, 0.29) is 5.97 Å². The Labute approximate surface area is 158 Å². The molecular formula is C21H22N4O2. The summed E-state index contributed by atoms with van der Waals surface area (Å²) >= 11 is 0. The van der Waals surface area contributed by atoms with Gasteiger partial charge in [0.15, 0.2) is 0 Å². The fourth-order valence-electron chi connectivity index (χ4n) is 2.79. The Kier molecular flexibility index (Phi) is 5.66. The van der Waals surface area contributed by atoms with Crippen molar-refractivity contribution in [1.82, 2.24) is 9.97 Å². The van der Waals surface area contributed by atoms with Crippen molar-refractivity contribution in [1.29, 1.82) is 0 Å². The molecule has 2 aromatic carbocycles. The molecule has 0 aliphatic carbocycles. The van der Waals surface area contributed by atoms with Gasteiger partial charge < -0.3 is 15.0 Å². The number of nitrogens with one attached hydrogen (secondary N) is 1. The number of esters is 1. The van der Waals surface area contributed by atoms with Crippen LogP contribution in [0, 0.1) is 6.92 Å². The van der Waals surface area contributed by atoms with Crippen LogP contribution in [0.5, 0.6) is 0 Å². The molecule has 3 aromatic rings. The third-order valence-electron chi connectivity index (χ3n) is 4.14. The van der Waals surface area contributed by atoms with Crippen molar-refractivity contribution in [2.24, 2.45) is 0 Å². The van der Waals surface area contributed by atoms with Crippen LogP contribution in [-0.4, -0.2) is 29.6 Å². The van der Waals surface area contributed by atoms with E-state index in [1.807, 2.05) is 24.3 Å². The third kappa shape index (κ3) is 4.41. The van der Waals surface area contributed by atoms with Crippen LogP contribution in [0.2, 0.25) is 0 Å². The first-order valence-corrected chi connectivity index (χ1v) is 8.72. The van der Waals surface area contributed by atoms with Gasteiger partial charge in [0.05, 0.1) is 12.7 Å². The molecule has 0 radical (unpaired) electrons. The fourth-order valence-corrected chi connectivity index (χ4v) is 2.79. The van der Waals surface area contributed by atoms with Gasteiger partial charge in [-0.25, -0.2) is 14.8 Å². The molecule has 0 aliphatic heterocycles. The molecule has 0 unspecified atom stereocenters. The lowest BCUT2D eigenvalue weighted by atomic mass is 10.2. The molecule has 1 N–H and O–H groups in total. The summed E-state index contributed by atoms with van der Waals surface area (Å²) in [4.78, 5) is 22.4. The Hall–Kier alpha value is -3.41. The normalized spacial score (nSPS) is 10.3. The Morgan fingerprint density at radius 1 is 1.11 bits per heavy atom. The number of aromatic nitrogens is 2. The van der Waals surface area contributed by atoms with Gasteiger partial charge in [-0.05, 0) is 55.8 Å². The summed E-state index contributed by atoms with van der Waals surface area (Å²) in [6.07, 6.45) is 1.54. The number of methoxy groups -OCH3 is 1. The molecule has 3 rings (SSSR count). The predicted octanol–water partition coefficient (Wildman–Crippen LogP) is 4.47. The second-order valence-electron chi connectivity index (χ2n) is 6.04. The van der Waals surface area contributed by atoms with Gasteiger partial charge in [0.1, 0.15) is 18.0 Å². The highest BCUT2D eigenvalue weighted by molar-refractivity contribution is 5.89. The first-order valence-electron chi connectivity index (χ1n) is 8.72. The Balaban J connectivity index is 1.81. The average Bonchev–Trinajstić information content (AvgIpc) is 2.69. The molecule has 0 fully saturated rings. The van der Waals surface area contributed by atoms with E-state index in [0.29, 0.717) is 11.4 Å². The highest BCUT2D eigenvalue weighted by Gasteiger charge is 2.10. The van der Waals surface area contributed by atoms with E-state index in [9.17, 15) is 4.79 Å². The van der Waals surface area contributed by atoms with Crippen molar-refractivity contribution in [2.45, 2.75) is 13.8 Å². The van der Waals surface area contributed by atoms with Crippen molar-refractivity contribution in [3.63, 3.8) is 0 Å². The van der Waals surface area contributed by atoms with Crippen molar-refractivity contribution < 1.29 is 9.53 Å². The summed E-state index contributed by atoms with van der Waals surface area (Å²) in [6, 6.07) is 17.3. The molecule has 0 amide bonds. The van der Waals surface area contributed by atoms with Crippen molar-refractivity contribution in [3.8, 4) is 0 Å². The fraction of sp³-hybridized carbons (Fsp3) is 0.190. The Morgan fingerprint density at radius 2 is 1.89 bits per heavy atom. The molecule has 0 saturated heterocycles. The van der Waals surface area contributed by atoms with Gasteiger partial charge in [0.25, 0.3) is 0 Å². The molecule has 138 valence electrons. The molecular weight excluding hydrogens is 340 g/mol. The second kappa shape index (κ2) is 8.31. The minimum Gasteiger partial charge on any atom is -0.465 e. The van der Waals surface area contributed by atoms with E-state index >= 15 is 0 Å². The molecule has 0 aliphatic rings. The number of carbonyl (C=O) groups is 1. The van der Waals surface area contributed by atoms with Gasteiger partial charge in [0, 0.05) is 24.0 Å². The van der Waals surface area contributed by atoms with E-state index in [1.54, 1.807) is 18.5 Å². The van der Waals surface area contributed by atoms with E-state index in [2.05, 4.69) is 52.2 Å². The number of rotatable bonds is 6. The summed E-state index contributed by atoms with van der Waals surface area (Å²) in [5.41, 5.74) is 3.61. The van der Waals surface area contributed by atoms with Crippen LogP contribution >= 0.6 is 0 Å². The predicted molar refractivity (Wildman–Crippen MR) is 107 cm³/mol. The van der Waals surface area contributed by atoms with E-state index < -0.39 is 0 Å². The monoisotopic (exact) mass is 362 g/mol. The van der Waals surface area contributed by atoms with Gasteiger partial charge in [-0.15, -0.1) is 0 Å². The molecule has 1 aromatic heterocycles. The lowest BCUT2D eigenvalue weighted by molar-refractivity contribution is 0.0601. The maximum Gasteiger partial charge on any atom is 0.337 e. The second-order valence-corrected chi connectivity index (χ2v) is 6.04. The van der Waals surface area contributed by atoms with Gasteiger partial charge in [-0.3, -0.25) is 0 Å². The number of nitrogens with zero attached hydrogens (tertiary/aromatic N) is 3. The average molecular weight is 362 g/mol. The van der Waals surface area contributed by atoms with Crippen LogP contribution in [0.3, 0.4) is 0 Å². The van der Waals surface area contributed by atoms with E-state index in [0.717, 1.165) is 23.7 Å². The lowest BCUT2D eigenvalue weighted by Crippen LogP contribution is -2.17. The summed E-state index contributed by atoms with van der Waals surface area (Å²) in [7, 11) is 1.37. The quantitative estimate of drug-likeness (QED) is 0.653. The van der Waals surface area contributed by atoms with Crippen LogP contribution in [0.4, 0.5) is 23.0 Å².